The van der Waals surface area contributed by atoms with Crippen molar-refractivity contribution < 1.29 is 0 Å². The number of rotatable bonds is 60. The molecule has 0 aliphatic rings. The average molecular weight is 948 g/mol. The summed E-state index contributed by atoms with van der Waals surface area (Å²) in [6.45, 7) is 4.63. The Labute approximate surface area is 432 Å². The molecule has 0 unspecified atom stereocenters. The lowest BCUT2D eigenvalue weighted by Crippen LogP contribution is -1.95. The number of hydrogen-bond acceptors (Lipinski definition) is 0. The summed E-state index contributed by atoms with van der Waals surface area (Å²) in [7, 11) is 0. The van der Waals surface area contributed by atoms with Crippen molar-refractivity contribution in [2.75, 3.05) is 0 Å². The van der Waals surface area contributed by atoms with Gasteiger partial charge in [0.2, 0.25) is 0 Å². The molecule has 0 saturated carbocycles. The van der Waals surface area contributed by atoms with Gasteiger partial charge >= 0.3 is 0 Å². The van der Waals surface area contributed by atoms with E-state index in [4.69, 9.17) is 0 Å². The topological polar surface area (TPSA) is 0 Å². The maximum Gasteiger partial charge on any atom is -0.0276 e. The van der Waals surface area contributed by atoms with E-state index in [1.807, 2.05) is 0 Å². The average Bonchev–Trinajstić information content (AvgIpc) is 3.35. The standard InChI is InChI=1S/C68H130/c1-3-5-7-9-11-13-15-17-19-21-23-25-27-29-31-33-35-37-39-41-43-45-47-49-51-53-55-57-59-63-67-65-61-62-66-68(67)64-60-58-56-54-52-50-48-46-44-42-40-38-36-34-32-30-28-26-24-22-20-18-16-14-12-10-8-6-4-2/h61-62,65-66H,3-60,63-64H2,1-2H3. The number of aryl methyl sites for hydroxylation is 2. The molecule has 0 heteroatoms. The minimum Gasteiger partial charge on any atom is -0.0654 e. The predicted octanol–water partition coefficient (Wildman–Crippen LogP) is 25.4. The van der Waals surface area contributed by atoms with Gasteiger partial charge < -0.3 is 0 Å². The van der Waals surface area contributed by atoms with Crippen LogP contribution in [0.4, 0.5) is 0 Å². The summed E-state index contributed by atoms with van der Waals surface area (Å²) >= 11 is 0. The first-order valence-corrected chi connectivity index (χ1v) is 32.9. The van der Waals surface area contributed by atoms with E-state index in [-0.39, 0.29) is 0 Å². The van der Waals surface area contributed by atoms with Crippen LogP contribution in [0.25, 0.3) is 0 Å². The van der Waals surface area contributed by atoms with Crippen molar-refractivity contribution in [3.63, 3.8) is 0 Å². The van der Waals surface area contributed by atoms with Gasteiger partial charge in [-0.05, 0) is 36.8 Å². The van der Waals surface area contributed by atoms with Crippen LogP contribution in [0.15, 0.2) is 24.3 Å². The summed E-state index contributed by atoms with van der Waals surface area (Å²) in [5.41, 5.74) is 3.30. The molecule has 0 saturated heterocycles. The van der Waals surface area contributed by atoms with Crippen molar-refractivity contribution in [3.05, 3.63) is 35.4 Å². The summed E-state index contributed by atoms with van der Waals surface area (Å²) < 4.78 is 0. The summed E-state index contributed by atoms with van der Waals surface area (Å²) in [5, 5.41) is 0. The Morgan fingerprint density at radius 2 is 0.279 bits per heavy atom. The Balaban J connectivity index is 1.76. The molecule has 0 aliphatic carbocycles. The quantitative estimate of drug-likeness (QED) is 0.0571. The number of unbranched alkanes of at least 4 members (excludes halogenated alkanes) is 56. The molecule has 1 aromatic rings. The van der Waals surface area contributed by atoms with Crippen molar-refractivity contribution in [2.45, 2.75) is 399 Å². The van der Waals surface area contributed by atoms with Crippen molar-refractivity contribution in [1.29, 1.82) is 0 Å². The van der Waals surface area contributed by atoms with E-state index in [0.29, 0.717) is 0 Å². The lowest BCUT2D eigenvalue weighted by Gasteiger charge is -2.10. The fraction of sp³-hybridized carbons (Fsp3) is 0.912. The van der Waals surface area contributed by atoms with E-state index in [0.717, 1.165) is 0 Å². The highest BCUT2D eigenvalue weighted by Gasteiger charge is 2.04. The zero-order valence-electron chi connectivity index (χ0n) is 47.7. The van der Waals surface area contributed by atoms with Crippen LogP contribution < -0.4 is 0 Å². The minimum atomic E-state index is 1.30. The van der Waals surface area contributed by atoms with E-state index in [1.54, 1.807) is 11.1 Å². The van der Waals surface area contributed by atoms with Crippen LogP contribution >= 0.6 is 0 Å². The molecule has 0 atom stereocenters. The normalized spacial score (nSPS) is 11.7. The molecule has 1 rings (SSSR count). The molecule has 402 valence electrons. The molecule has 0 aliphatic heterocycles. The number of hydrogen-bond donors (Lipinski definition) is 0. The maximum absolute atomic E-state index is 2.43. The van der Waals surface area contributed by atoms with Gasteiger partial charge in [0, 0.05) is 0 Å². The van der Waals surface area contributed by atoms with Gasteiger partial charge in [-0.2, -0.15) is 0 Å². The number of benzene rings is 1. The van der Waals surface area contributed by atoms with Crippen LogP contribution in [0.3, 0.4) is 0 Å². The molecule has 68 heavy (non-hydrogen) atoms. The smallest absolute Gasteiger partial charge is 0.0276 e. The third kappa shape index (κ3) is 51.6. The Morgan fingerprint density at radius 3 is 0.412 bits per heavy atom. The van der Waals surface area contributed by atoms with Gasteiger partial charge in [-0.3, -0.25) is 0 Å². The molecular weight excluding hydrogens is 817 g/mol. The first-order chi connectivity index (χ1) is 33.9. The second-order valence-corrected chi connectivity index (χ2v) is 23.1. The van der Waals surface area contributed by atoms with E-state index in [1.165, 1.54) is 385 Å². The highest BCUT2D eigenvalue weighted by atomic mass is 14.1. The van der Waals surface area contributed by atoms with Crippen LogP contribution in [0.2, 0.25) is 0 Å². The van der Waals surface area contributed by atoms with Crippen LogP contribution in [0, 0.1) is 0 Å². The van der Waals surface area contributed by atoms with Gasteiger partial charge in [-0.1, -0.05) is 398 Å². The predicted molar refractivity (Wildman–Crippen MR) is 313 cm³/mol. The van der Waals surface area contributed by atoms with Crippen molar-refractivity contribution in [1.82, 2.24) is 0 Å². The third-order valence-corrected chi connectivity index (χ3v) is 16.2. The highest BCUT2D eigenvalue weighted by Crippen LogP contribution is 2.21. The van der Waals surface area contributed by atoms with Crippen molar-refractivity contribution in [2.24, 2.45) is 0 Å². The lowest BCUT2D eigenvalue weighted by atomic mass is 9.96. The second kappa shape index (κ2) is 58.8. The minimum absolute atomic E-state index is 1.30. The zero-order chi connectivity index (χ0) is 48.4. The Morgan fingerprint density at radius 1 is 0.162 bits per heavy atom. The largest absolute Gasteiger partial charge is 0.0654 e. The summed E-state index contributed by atoms with van der Waals surface area (Å²) in [6.07, 6.45) is 88.0. The summed E-state index contributed by atoms with van der Waals surface area (Å²) in [4.78, 5) is 0. The molecule has 0 nitrogen and oxygen atoms in total. The third-order valence-electron chi connectivity index (χ3n) is 16.2. The monoisotopic (exact) mass is 947 g/mol. The van der Waals surface area contributed by atoms with E-state index in [2.05, 4.69) is 38.1 Å². The van der Waals surface area contributed by atoms with Crippen LogP contribution in [0.1, 0.15) is 397 Å². The maximum atomic E-state index is 2.43. The molecule has 0 spiro atoms. The molecule has 0 aromatic heterocycles. The van der Waals surface area contributed by atoms with Crippen LogP contribution in [0.5, 0.6) is 0 Å². The Hall–Kier alpha value is -0.780. The SMILES string of the molecule is CCCCCCCCCCCCCCCCCCCCCCCCCCCCCCCc1ccccc1CCCCCCCCCCCCCCCCCCCCCCCCCCCCCCC. The van der Waals surface area contributed by atoms with E-state index >= 15 is 0 Å². The van der Waals surface area contributed by atoms with Gasteiger partial charge in [0.15, 0.2) is 0 Å². The highest BCUT2D eigenvalue weighted by molar-refractivity contribution is 5.27. The summed E-state index contributed by atoms with van der Waals surface area (Å²) in [5.74, 6) is 0. The molecule has 0 bridgehead atoms. The fourth-order valence-corrected chi connectivity index (χ4v) is 11.4. The van der Waals surface area contributed by atoms with E-state index in [9.17, 15) is 0 Å². The molecule has 0 N–H and O–H groups in total. The van der Waals surface area contributed by atoms with Crippen molar-refractivity contribution >= 4 is 0 Å². The van der Waals surface area contributed by atoms with Crippen LogP contribution in [-0.2, 0) is 12.8 Å². The van der Waals surface area contributed by atoms with E-state index < -0.39 is 0 Å². The Kier molecular flexibility index (Phi) is 56.4. The van der Waals surface area contributed by atoms with Crippen LogP contribution in [-0.4, -0.2) is 0 Å². The fourth-order valence-electron chi connectivity index (χ4n) is 11.4. The molecule has 0 heterocycles. The summed E-state index contributed by atoms with van der Waals surface area (Å²) in [6, 6.07) is 9.42. The lowest BCUT2D eigenvalue weighted by molar-refractivity contribution is 0.513. The van der Waals surface area contributed by atoms with Gasteiger partial charge in [-0.25, -0.2) is 0 Å². The first-order valence-electron chi connectivity index (χ1n) is 32.9. The molecule has 0 fully saturated rings. The zero-order valence-corrected chi connectivity index (χ0v) is 47.7. The molecule has 0 amide bonds. The molecule has 0 radical (unpaired) electrons. The first kappa shape index (κ1) is 65.2. The van der Waals surface area contributed by atoms with Gasteiger partial charge in [0.25, 0.3) is 0 Å². The Bertz CT molecular complexity index is 942. The van der Waals surface area contributed by atoms with Crippen molar-refractivity contribution in [3.8, 4) is 0 Å². The molecule has 1 aromatic carbocycles. The molecular formula is C68H130. The van der Waals surface area contributed by atoms with Gasteiger partial charge in [0.1, 0.15) is 0 Å². The van der Waals surface area contributed by atoms with Gasteiger partial charge in [-0.15, -0.1) is 0 Å². The second-order valence-electron chi connectivity index (χ2n) is 23.1. The van der Waals surface area contributed by atoms with Gasteiger partial charge in [0.05, 0.1) is 0 Å².